The van der Waals surface area contributed by atoms with E-state index < -0.39 is 0 Å². The van der Waals surface area contributed by atoms with Crippen molar-refractivity contribution in [2.45, 2.75) is 33.4 Å². The van der Waals surface area contributed by atoms with Crippen LogP contribution in [-0.2, 0) is 13.1 Å². The summed E-state index contributed by atoms with van der Waals surface area (Å²) >= 11 is 0. The molecule has 22 heavy (non-hydrogen) atoms. The van der Waals surface area contributed by atoms with Crippen molar-refractivity contribution in [1.29, 1.82) is 0 Å². The van der Waals surface area contributed by atoms with Gasteiger partial charge in [-0.25, -0.2) is 4.98 Å². The minimum atomic E-state index is 0.962. The van der Waals surface area contributed by atoms with Crippen molar-refractivity contribution >= 4 is 10.9 Å². The Morgan fingerprint density at radius 2 is 2.05 bits per heavy atom. The van der Waals surface area contributed by atoms with Crippen molar-refractivity contribution in [1.82, 2.24) is 19.4 Å². The fourth-order valence-electron chi connectivity index (χ4n) is 3.00. The first-order valence-electron chi connectivity index (χ1n) is 7.87. The Balaban J connectivity index is 1.57. The number of H-pyrrole nitrogens is 1. The number of aryl methyl sites for hydroxylation is 3. The fourth-order valence-corrected chi connectivity index (χ4v) is 3.00. The molecule has 0 saturated heterocycles. The SMILES string of the molecule is Cc1c(CN(C)CCCn2ccnc2C)[nH]c2ccccc12. The second-order valence-electron chi connectivity index (χ2n) is 6.03. The van der Waals surface area contributed by atoms with Gasteiger partial charge < -0.3 is 14.5 Å². The Morgan fingerprint density at radius 1 is 1.23 bits per heavy atom. The molecule has 0 bridgehead atoms. The van der Waals surface area contributed by atoms with E-state index in [0.29, 0.717) is 0 Å². The second kappa shape index (κ2) is 6.36. The molecule has 0 radical (unpaired) electrons. The predicted molar refractivity (Wildman–Crippen MR) is 91.0 cm³/mol. The minimum Gasteiger partial charge on any atom is -0.357 e. The third-order valence-electron chi connectivity index (χ3n) is 4.36. The third kappa shape index (κ3) is 3.07. The van der Waals surface area contributed by atoms with Gasteiger partial charge in [0.25, 0.3) is 0 Å². The number of nitrogens with zero attached hydrogens (tertiary/aromatic N) is 3. The van der Waals surface area contributed by atoms with Gasteiger partial charge >= 0.3 is 0 Å². The zero-order valence-corrected chi connectivity index (χ0v) is 13.6. The van der Waals surface area contributed by atoms with E-state index in [4.69, 9.17) is 0 Å². The van der Waals surface area contributed by atoms with E-state index in [9.17, 15) is 0 Å². The van der Waals surface area contributed by atoms with Crippen molar-refractivity contribution in [3.8, 4) is 0 Å². The van der Waals surface area contributed by atoms with Crippen LogP contribution in [0, 0.1) is 13.8 Å². The molecule has 0 saturated carbocycles. The smallest absolute Gasteiger partial charge is 0.105 e. The standard InChI is InChI=1S/C18H24N4/c1-14-16-7-4-5-8-17(16)20-18(14)13-21(3)10-6-11-22-12-9-19-15(22)2/h4-5,7-9,12,20H,6,10-11,13H2,1-3H3. The van der Waals surface area contributed by atoms with E-state index in [2.05, 4.69) is 70.8 Å². The van der Waals surface area contributed by atoms with Gasteiger partial charge in [0, 0.05) is 42.1 Å². The maximum Gasteiger partial charge on any atom is 0.105 e. The van der Waals surface area contributed by atoms with E-state index in [1.165, 1.54) is 22.2 Å². The van der Waals surface area contributed by atoms with Gasteiger partial charge in [-0.1, -0.05) is 18.2 Å². The summed E-state index contributed by atoms with van der Waals surface area (Å²) in [5.74, 6) is 1.09. The number of para-hydroxylation sites is 1. The van der Waals surface area contributed by atoms with Gasteiger partial charge in [-0.3, -0.25) is 0 Å². The zero-order chi connectivity index (χ0) is 15.5. The van der Waals surface area contributed by atoms with Crippen molar-refractivity contribution in [3.63, 3.8) is 0 Å². The molecular weight excluding hydrogens is 272 g/mol. The van der Waals surface area contributed by atoms with Gasteiger partial charge in [0.2, 0.25) is 0 Å². The maximum atomic E-state index is 4.26. The first kappa shape index (κ1) is 14.9. The van der Waals surface area contributed by atoms with E-state index >= 15 is 0 Å². The summed E-state index contributed by atoms with van der Waals surface area (Å²) in [5, 5.41) is 1.33. The van der Waals surface area contributed by atoms with Crippen LogP contribution in [0.3, 0.4) is 0 Å². The largest absolute Gasteiger partial charge is 0.357 e. The van der Waals surface area contributed by atoms with Crippen LogP contribution in [-0.4, -0.2) is 33.0 Å². The molecule has 3 aromatic rings. The highest BCUT2D eigenvalue weighted by Crippen LogP contribution is 2.22. The van der Waals surface area contributed by atoms with Crippen LogP contribution in [0.15, 0.2) is 36.7 Å². The molecule has 3 rings (SSSR count). The van der Waals surface area contributed by atoms with Crippen molar-refractivity contribution in [3.05, 3.63) is 53.7 Å². The molecule has 2 heterocycles. The highest BCUT2D eigenvalue weighted by molar-refractivity contribution is 5.84. The summed E-state index contributed by atoms with van der Waals surface area (Å²) in [7, 11) is 2.19. The summed E-state index contributed by atoms with van der Waals surface area (Å²) in [6.45, 7) is 7.33. The number of rotatable bonds is 6. The number of imidazole rings is 1. The lowest BCUT2D eigenvalue weighted by molar-refractivity contribution is 0.310. The third-order valence-corrected chi connectivity index (χ3v) is 4.36. The molecule has 4 heteroatoms. The summed E-state index contributed by atoms with van der Waals surface area (Å²) in [4.78, 5) is 10.2. The normalized spacial score (nSPS) is 11.6. The van der Waals surface area contributed by atoms with Crippen LogP contribution >= 0.6 is 0 Å². The van der Waals surface area contributed by atoms with Crippen LogP contribution in [0.25, 0.3) is 10.9 Å². The Kier molecular flexibility index (Phi) is 4.29. The molecule has 0 aliphatic carbocycles. The molecule has 0 atom stereocenters. The van der Waals surface area contributed by atoms with E-state index in [0.717, 1.165) is 31.9 Å². The molecular formula is C18H24N4. The highest BCUT2D eigenvalue weighted by Gasteiger charge is 2.09. The molecule has 0 spiro atoms. The van der Waals surface area contributed by atoms with Crippen molar-refractivity contribution in [2.24, 2.45) is 0 Å². The number of aromatic amines is 1. The summed E-state index contributed by atoms with van der Waals surface area (Å²) in [6, 6.07) is 8.52. The van der Waals surface area contributed by atoms with Crippen LogP contribution in [0.1, 0.15) is 23.5 Å². The second-order valence-corrected chi connectivity index (χ2v) is 6.03. The lowest BCUT2D eigenvalue weighted by Gasteiger charge is -2.16. The number of hydrogen-bond donors (Lipinski definition) is 1. The number of nitrogens with one attached hydrogen (secondary N) is 1. The lowest BCUT2D eigenvalue weighted by Crippen LogP contribution is -2.21. The molecule has 0 aliphatic heterocycles. The number of aromatic nitrogens is 3. The summed E-state index contributed by atoms with van der Waals surface area (Å²) < 4.78 is 2.21. The van der Waals surface area contributed by atoms with Gasteiger partial charge in [0.15, 0.2) is 0 Å². The fraction of sp³-hybridized carbons (Fsp3) is 0.389. The van der Waals surface area contributed by atoms with Gasteiger partial charge in [-0.2, -0.15) is 0 Å². The van der Waals surface area contributed by atoms with Gasteiger partial charge in [-0.15, -0.1) is 0 Å². The molecule has 4 nitrogen and oxygen atoms in total. The van der Waals surface area contributed by atoms with Crippen LogP contribution in [0.2, 0.25) is 0 Å². The Bertz CT molecular complexity index is 753. The topological polar surface area (TPSA) is 36.9 Å². The molecule has 0 fully saturated rings. The zero-order valence-electron chi connectivity index (χ0n) is 13.6. The number of fused-ring (bicyclic) bond motifs is 1. The van der Waals surface area contributed by atoms with Crippen molar-refractivity contribution in [2.75, 3.05) is 13.6 Å². The van der Waals surface area contributed by atoms with Gasteiger partial charge in [-0.05, 0) is 45.5 Å². The average Bonchev–Trinajstić information content (AvgIpc) is 3.04. The molecule has 0 unspecified atom stereocenters. The van der Waals surface area contributed by atoms with E-state index in [-0.39, 0.29) is 0 Å². The van der Waals surface area contributed by atoms with Crippen LogP contribution < -0.4 is 0 Å². The first-order chi connectivity index (χ1) is 10.6. The highest BCUT2D eigenvalue weighted by atomic mass is 15.1. The Hall–Kier alpha value is -2.07. The van der Waals surface area contributed by atoms with E-state index in [1.54, 1.807) is 0 Å². The predicted octanol–water partition coefficient (Wildman–Crippen LogP) is 3.50. The van der Waals surface area contributed by atoms with Crippen LogP contribution in [0.4, 0.5) is 0 Å². The molecule has 2 aromatic heterocycles. The maximum absolute atomic E-state index is 4.26. The molecule has 1 N–H and O–H groups in total. The average molecular weight is 296 g/mol. The first-order valence-corrected chi connectivity index (χ1v) is 7.87. The molecule has 1 aromatic carbocycles. The quantitative estimate of drug-likeness (QED) is 0.756. The minimum absolute atomic E-state index is 0.962. The Morgan fingerprint density at radius 3 is 2.77 bits per heavy atom. The molecule has 0 amide bonds. The number of hydrogen-bond acceptors (Lipinski definition) is 2. The Labute approximate surface area is 131 Å². The lowest BCUT2D eigenvalue weighted by atomic mass is 10.1. The monoisotopic (exact) mass is 296 g/mol. The van der Waals surface area contributed by atoms with Crippen molar-refractivity contribution < 1.29 is 0 Å². The van der Waals surface area contributed by atoms with Gasteiger partial charge in [0.05, 0.1) is 0 Å². The van der Waals surface area contributed by atoms with Crippen LogP contribution in [0.5, 0.6) is 0 Å². The van der Waals surface area contributed by atoms with E-state index in [1.807, 2.05) is 6.20 Å². The summed E-state index contributed by atoms with van der Waals surface area (Å²) in [5.41, 5.74) is 3.92. The van der Waals surface area contributed by atoms with Gasteiger partial charge in [0.1, 0.15) is 5.82 Å². The molecule has 116 valence electrons. The summed E-state index contributed by atoms with van der Waals surface area (Å²) in [6.07, 6.45) is 5.05. The molecule has 0 aliphatic rings. The number of benzene rings is 1.